The first-order valence-corrected chi connectivity index (χ1v) is 10.0. The van der Waals surface area contributed by atoms with Crippen LogP contribution in [0.25, 0.3) is 0 Å². The molecule has 0 bridgehead atoms. The maximum absolute atomic E-state index is 13.2. The van der Waals surface area contributed by atoms with Crippen molar-refractivity contribution in [3.63, 3.8) is 0 Å². The number of benzene rings is 1. The van der Waals surface area contributed by atoms with Gasteiger partial charge in [-0.05, 0) is 48.8 Å². The summed E-state index contributed by atoms with van der Waals surface area (Å²) in [5, 5.41) is 5.62. The zero-order chi connectivity index (χ0) is 22.0. The van der Waals surface area contributed by atoms with Gasteiger partial charge in [-0.2, -0.15) is 0 Å². The molecule has 7 heteroatoms. The summed E-state index contributed by atoms with van der Waals surface area (Å²) in [5.74, 6) is -0.821. The van der Waals surface area contributed by atoms with Gasteiger partial charge in [0.25, 0.3) is 5.91 Å². The summed E-state index contributed by atoms with van der Waals surface area (Å²) in [7, 11) is 0. The lowest BCUT2D eigenvalue weighted by Gasteiger charge is -2.32. The van der Waals surface area contributed by atoms with Gasteiger partial charge in [0.1, 0.15) is 17.9 Å². The van der Waals surface area contributed by atoms with E-state index < -0.39 is 23.3 Å². The van der Waals surface area contributed by atoms with E-state index in [1.54, 1.807) is 6.92 Å². The van der Waals surface area contributed by atoms with E-state index in [-0.39, 0.29) is 23.9 Å². The summed E-state index contributed by atoms with van der Waals surface area (Å²) < 4.78 is 13.2. The van der Waals surface area contributed by atoms with Crippen molar-refractivity contribution in [2.24, 2.45) is 11.3 Å². The summed E-state index contributed by atoms with van der Waals surface area (Å²) >= 11 is 0. The summed E-state index contributed by atoms with van der Waals surface area (Å²) in [6, 6.07) is 4.68. The Balaban J connectivity index is 2.10. The minimum Gasteiger partial charge on any atom is -0.351 e. The van der Waals surface area contributed by atoms with Crippen LogP contribution in [0.15, 0.2) is 24.3 Å². The molecule has 2 unspecified atom stereocenters. The number of hydrogen-bond donors (Lipinski definition) is 2. The quantitative estimate of drug-likeness (QED) is 0.681. The third-order valence-corrected chi connectivity index (χ3v) is 5.41. The molecule has 0 saturated carbocycles. The topological polar surface area (TPSA) is 78.5 Å². The number of rotatable bonds is 7. The lowest BCUT2D eigenvalue weighted by atomic mass is 9.83. The van der Waals surface area contributed by atoms with Crippen LogP contribution >= 0.6 is 0 Å². The Kier molecular flexibility index (Phi) is 6.71. The summed E-state index contributed by atoms with van der Waals surface area (Å²) in [6.45, 7) is 11.6. The van der Waals surface area contributed by atoms with Crippen molar-refractivity contribution in [2.45, 2.75) is 66.0 Å². The van der Waals surface area contributed by atoms with E-state index in [0.29, 0.717) is 11.5 Å². The van der Waals surface area contributed by atoms with Crippen LogP contribution in [0.3, 0.4) is 0 Å². The van der Waals surface area contributed by atoms with Gasteiger partial charge in [-0.1, -0.05) is 46.8 Å². The second kappa shape index (κ2) is 8.51. The minimum atomic E-state index is -1.33. The molecule has 2 rings (SSSR count). The SMILES string of the molecule is CC(C)CCC(NC(=O)CN1C(=O)NC(C)(c2ccc(F)cc2)C1=O)C(C)(C)C. The average Bonchev–Trinajstić information content (AvgIpc) is 2.82. The molecule has 1 heterocycles. The van der Waals surface area contributed by atoms with Gasteiger partial charge in [0.05, 0.1) is 0 Å². The molecule has 0 radical (unpaired) electrons. The number of urea groups is 1. The van der Waals surface area contributed by atoms with Crippen molar-refractivity contribution in [2.75, 3.05) is 6.54 Å². The molecule has 1 aromatic rings. The smallest absolute Gasteiger partial charge is 0.325 e. The molecule has 1 aliphatic rings. The third-order valence-electron chi connectivity index (χ3n) is 5.41. The van der Waals surface area contributed by atoms with Gasteiger partial charge in [-0.15, -0.1) is 0 Å². The normalized spacial score (nSPS) is 20.8. The zero-order valence-corrected chi connectivity index (χ0v) is 18.1. The molecule has 1 saturated heterocycles. The highest BCUT2D eigenvalue weighted by molar-refractivity contribution is 6.09. The Labute approximate surface area is 172 Å². The predicted octanol–water partition coefficient (Wildman–Crippen LogP) is 3.56. The number of nitrogens with zero attached hydrogens (tertiary/aromatic N) is 1. The van der Waals surface area contributed by atoms with Gasteiger partial charge in [0.15, 0.2) is 0 Å². The summed E-state index contributed by atoms with van der Waals surface area (Å²) in [4.78, 5) is 38.9. The van der Waals surface area contributed by atoms with E-state index in [2.05, 4.69) is 45.3 Å². The standard InChI is InChI=1S/C22H32FN3O3/c1-14(2)7-12-17(21(3,4)5)24-18(27)13-26-19(28)22(6,25-20(26)29)15-8-10-16(23)11-9-15/h8-11,14,17H,7,12-13H2,1-6H3,(H,24,27)(H,25,29). The molecule has 29 heavy (non-hydrogen) atoms. The number of amides is 4. The predicted molar refractivity (Wildman–Crippen MR) is 109 cm³/mol. The van der Waals surface area contributed by atoms with Crippen LogP contribution in [-0.4, -0.2) is 35.3 Å². The summed E-state index contributed by atoms with van der Waals surface area (Å²) in [6.07, 6.45) is 1.79. The van der Waals surface area contributed by atoms with Crippen LogP contribution in [0, 0.1) is 17.2 Å². The molecule has 4 amide bonds. The fraction of sp³-hybridized carbons (Fsp3) is 0.591. The van der Waals surface area contributed by atoms with Crippen molar-refractivity contribution in [3.8, 4) is 0 Å². The molecule has 2 N–H and O–H groups in total. The molecule has 0 spiro atoms. The molecule has 1 aromatic carbocycles. The van der Waals surface area contributed by atoms with Crippen LogP contribution in [0.5, 0.6) is 0 Å². The fourth-order valence-electron chi connectivity index (χ4n) is 3.42. The van der Waals surface area contributed by atoms with E-state index >= 15 is 0 Å². The third kappa shape index (κ3) is 5.34. The van der Waals surface area contributed by atoms with Crippen molar-refractivity contribution >= 4 is 17.8 Å². The van der Waals surface area contributed by atoms with Crippen molar-refractivity contribution in [3.05, 3.63) is 35.6 Å². The minimum absolute atomic E-state index is 0.0679. The highest BCUT2D eigenvalue weighted by Crippen LogP contribution is 2.29. The van der Waals surface area contributed by atoms with Gasteiger partial charge < -0.3 is 10.6 Å². The Bertz CT molecular complexity index is 771. The van der Waals surface area contributed by atoms with Crippen LogP contribution < -0.4 is 10.6 Å². The second-order valence-electron chi connectivity index (χ2n) is 9.41. The highest BCUT2D eigenvalue weighted by Gasteiger charge is 2.49. The largest absolute Gasteiger partial charge is 0.351 e. The van der Waals surface area contributed by atoms with Gasteiger partial charge in [0, 0.05) is 6.04 Å². The molecular formula is C22H32FN3O3. The number of nitrogens with one attached hydrogen (secondary N) is 2. The van der Waals surface area contributed by atoms with Crippen molar-refractivity contribution in [1.29, 1.82) is 0 Å². The highest BCUT2D eigenvalue weighted by atomic mass is 19.1. The molecular weight excluding hydrogens is 373 g/mol. The van der Waals surface area contributed by atoms with Gasteiger partial charge in [-0.25, -0.2) is 9.18 Å². The van der Waals surface area contributed by atoms with Crippen molar-refractivity contribution in [1.82, 2.24) is 15.5 Å². The molecule has 0 aromatic heterocycles. The van der Waals surface area contributed by atoms with E-state index in [1.165, 1.54) is 24.3 Å². The maximum atomic E-state index is 13.2. The maximum Gasteiger partial charge on any atom is 0.325 e. The van der Waals surface area contributed by atoms with Crippen LogP contribution in [0.4, 0.5) is 9.18 Å². The van der Waals surface area contributed by atoms with Gasteiger partial charge >= 0.3 is 6.03 Å². The number of halogens is 1. The molecule has 2 atom stereocenters. The fourth-order valence-corrected chi connectivity index (χ4v) is 3.42. The van der Waals surface area contributed by atoms with E-state index in [4.69, 9.17) is 0 Å². The molecule has 6 nitrogen and oxygen atoms in total. The Morgan fingerprint density at radius 2 is 1.76 bits per heavy atom. The molecule has 1 fully saturated rings. The molecule has 0 aliphatic carbocycles. The van der Waals surface area contributed by atoms with Crippen molar-refractivity contribution < 1.29 is 18.8 Å². The summed E-state index contributed by atoms with van der Waals surface area (Å²) in [5.41, 5.74) is -1.01. The van der Waals surface area contributed by atoms with Gasteiger partial charge in [-0.3, -0.25) is 14.5 Å². The van der Waals surface area contributed by atoms with E-state index in [0.717, 1.165) is 17.7 Å². The van der Waals surface area contributed by atoms with Crippen LogP contribution in [0.1, 0.15) is 59.9 Å². The number of hydrogen-bond acceptors (Lipinski definition) is 3. The Morgan fingerprint density at radius 1 is 1.17 bits per heavy atom. The lowest BCUT2D eigenvalue weighted by Crippen LogP contribution is -2.49. The Hall–Kier alpha value is -2.44. The average molecular weight is 406 g/mol. The van der Waals surface area contributed by atoms with Crippen LogP contribution in [-0.2, 0) is 15.1 Å². The number of carbonyl (C=O) groups excluding carboxylic acids is 3. The van der Waals surface area contributed by atoms with E-state index in [9.17, 15) is 18.8 Å². The second-order valence-corrected chi connectivity index (χ2v) is 9.41. The monoisotopic (exact) mass is 405 g/mol. The first-order chi connectivity index (χ1) is 13.3. The Morgan fingerprint density at radius 3 is 2.28 bits per heavy atom. The van der Waals surface area contributed by atoms with Gasteiger partial charge in [0.2, 0.25) is 5.91 Å². The molecule has 1 aliphatic heterocycles. The number of imide groups is 1. The first kappa shape index (κ1) is 22.8. The van der Waals surface area contributed by atoms with Crippen LogP contribution in [0.2, 0.25) is 0 Å². The lowest BCUT2D eigenvalue weighted by molar-refractivity contribution is -0.135. The first-order valence-electron chi connectivity index (χ1n) is 10.0. The molecule has 160 valence electrons. The van der Waals surface area contributed by atoms with E-state index in [1.807, 2.05) is 0 Å². The zero-order valence-electron chi connectivity index (χ0n) is 18.1. The number of carbonyl (C=O) groups is 3.